The largest absolute Gasteiger partial charge is 0.352 e. The second kappa shape index (κ2) is 6.47. The highest BCUT2D eigenvalue weighted by atomic mass is 35.5. The predicted octanol–water partition coefficient (Wildman–Crippen LogP) is 2.21. The maximum Gasteiger partial charge on any atom is 0.251 e. The summed E-state index contributed by atoms with van der Waals surface area (Å²) in [5.41, 5.74) is 1.29. The van der Waals surface area contributed by atoms with E-state index >= 15 is 0 Å². The number of halogens is 1. The van der Waals surface area contributed by atoms with Crippen LogP contribution >= 0.6 is 11.6 Å². The van der Waals surface area contributed by atoms with Crippen LogP contribution in [0.2, 0.25) is 5.15 Å². The number of pyridine rings is 1. The maximum absolute atomic E-state index is 12.0. The van der Waals surface area contributed by atoms with Crippen molar-refractivity contribution in [3.8, 4) is 0 Å². The van der Waals surface area contributed by atoms with E-state index in [1.807, 2.05) is 13.8 Å². The molecule has 0 saturated carbocycles. The molecule has 0 fully saturated rings. The molecule has 2 aromatic heterocycles. The summed E-state index contributed by atoms with van der Waals surface area (Å²) in [6.45, 7) is 4.41. The number of nitrogens with zero attached hydrogens (tertiary/aromatic N) is 3. The van der Waals surface area contributed by atoms with Crippen LogP contribution in [0.5, 0.6) is 0 Å². The van der Waals surface area contributed by atoms with Crippen molar-refractivity contribution in [3.05, 3.63) is 40.8 Å². The molecule has 0 saturated heterocycles. The Hall–Kier alpha value is -1.95. The lowest BCUT2D eigenvalue weighted by molar-refractivity contribution is 0.0953. The number of amides is 1. The maximum atomic E-state index is 12.0. The zero-order chi connectivity index (χ0) is 14.5. The van der Waals surface area contributed by atoms with Crippen LogP contribution in [0.25, 0.3) is 0 Å². The molecule has 0 bridgehead atoms. The fourth-order valence-electron chi connectivity index (χ4n) is 1.64. The molecule has 0 aliphatic carbocycles. The number of hydrogen-bond acceptors (Lipinski definition) is 5. The van der Waals surface area contributed by atoms with E-state index < -0.39 is 0 Å². The normalized spacial score (nSPS) is 10.8. The van der Waals surface area contributed by atoms with Gasteiger partial charge in [0.25, 0.3) is 5.91 Å². The molecular formula is C13H15ClN4O2. The first-order chi connectivity index (χ1) is 9.56. The molecule has 0 aliphatic heterocycles. The summed E-state index contributed by atoms with van der Waals surface area (Å²) in [6.07, 6.45) is 1.82. The van der Waals surface area contributed by atoms with Gasteiger partial charge >= 0.3 is 0 Å². The molecule has 0 atom stereocenters. The van der Waals surface area contributed by atoms with E-state index in [0.717, 1.165) is 5.69 Å². The van der Waals surface area contributed by atoms with Gasteiger partial charge in [-0.15, -0.1) is 0 Å². The second-order valence-corrected chi connectivity index (χ2v) is 4.99. The molecule has 1 amide bonds. The van der Waals surface area contributed by atoms with Gasteiger partial charge in [-0.05, 0) is 18.1 Å². The first kappa shape index (κ1) is 14.5. The van der Waals surface area contributed by atoms with E-state index in [4.69, 9.17) is 16.1 Å². The van der Waals surface area contributed by atoms with Crippen LogP contribution in [0, 0.1) is 0 Å². The van der Waals surface area contributed by atoms with Gasteiger partial charge in [0.15, 0.2) is 6.33 Å². The topological polar surface area (TPSA) is 80.9 Å². The SMILES string of the molecule is CC(C)c1cc(C(=O)NCCc2ncno2)cc(Cl)n1. The van der Waals surface area contributed by atoms with Crippen LogP contribution in [0.4, 0.5) is 0 Å². The minimum absolute atomic E-state index is 0.198. The summed E-state index contributed by atoms with van der Waals surface area (Å²) in [5.74, 6) is 0.496. The minimum atomic E-state index is -0.198. The van der Waals surface area contributed by atoms with Crippen molar-refractivity contribution in [2.45, 2.75) is 26.2 Å². The molecule has 2 rings (SSSR count). The number of aromatic nitrogens is 3. The van der Waals surface area contributed by atoms with E-state index in [1.165, 1.54) is 6.33 Å². The summed E-state index contributed by atoms with van der Waals surface area (Å²) in [5, 5.41) is 6.59. The van der Waals surface area contributed by atoms with Crippen LogP contribution < -0.4 is 5.32 Å². The number of carbonyl (C=O) groups is 1. The Morgan fingerprint density at radius 3 is 2.90 bits per heavy atom. The Morgan fingerprint density at radius 2 is 2.25 bits per heavy atom. The number of nitrogens with one attached hydrogen (secondary N) is 1. The lowest BCUT2D eigenvalue weighted by atomic mass is 10.1. The Bertz CT molecular complexity index is 584. The van der Waals surface area contributed by atoms with Crippen molar-refractivity contribution in [1.29, 1.82) is 0 Å². The van der Waals surface area contributed by atoms with Crippen LogP contribution in [0.1, 0.15) is 41.7 Å². The predicted molar refractivity (Wildman–Crippen MR) is 73.7 cm³/mol. The molecule has 7 heteroatoms. The van der Waals surface area contributed by atoms with Gasteiger partial charge in [0.1, 0.15) is 5.15 Å². The van der Waals surface area contributed by atoms with Crippen molar-refractivity contribution in [1.82, 2.24) is 20.4 Å². The van der Waals surface area contributed by atoms with Crippen molar-refractivity contribution in [2.24, 2.45) is 0 Å². The summed E-state index contributed by atoms with van der Waals surface area (Å²) >= 11 is 5.93. The molecule has 2 aromatic rings. The van der Waals surface area contributed by atoms with Gasteiger partial charge in [0.2, 0.25) is 5.89 Å². The smallest absolute Gasteiger partial charge is 0.251 e. The number of carbonyl (C=O) groups excluding carboxylic acids is 1. The molecule has 2 heterocycles. The highest BCUT2D eigenvalue weighted by Crippen LogP contribution is 2.17. The van der Waals surface area contributed by atoms with Crippen LogP contribution in [0.3, 0.4) is 0 Å². The van der Waals surface area contributed by atoms with E-state index in [-0.39, 0.29) is 11.8 Å². The van der Waals surface area contributed by atoms with E-state index in [2.05, 4.69) is 20.4 Å². The molecule has 1 N–H and O–H groups in total. The highest BCUT2D eigenvalue weighted by Gasteiger charge is 2.11. The van der Waals surface area contributed by atoms with Crippen molar-refractivity contribution in [2.75, 3.05) is 6.54 Å². The summed E-state index contributed by atoms with van der Waals surface area (Å²) in [6, 6.07) is 3.30. The van der Waals surface area contributed by atoms with Gasteiger partial charge < -0.3 is 9.84 Å². The molecule has 0 unspecified atom stereocenters. The monoisotopic (exact) mass is 294 g/mol. The van der Waals surface area contributed by atoms with Crippen molar-refractivity contribution < 1.29 is 9.32 Å². The van der Waals surface area contributed by atoms with Gasteiger partial charge in [-0.25, -0.2) is 4.98 Å². The van der Waals surface area contributed by atoms with E-state index in [1.54, 1.807) is 12.1 Å². The first-order valence-electron chi connectivity index (χ1n) is 6.27. The van der Waals surface area contributed by atoms with Gasteiger partial charge in [-0.3, -0.25) is 4.79 Å². The van der Waals surface area contributed by atoms with Crippen LogP contribution in [0.15, 0.2) is 23.0 Å². The summed E-state index contributed by atoms with van der Waals surface area (Å²) < 4.78 is 4.85. The fraction of sp³-hybridized carbons (Fsp3) is 0.385. The Labute approximate surface area is 121 Å². The van der Waals surface area contributed by atoms with Gasteiger partial charge in [0.05, 0.1) is 0 Å². The Kier molecular flexibility index (Phi) is 4.68. The highest BCUT2D eigenvalue weighted by molar-refractivity contribution is 6.29. The number of rotatable bonds is 5. The zero-order valence-electron chi connectivity index (χ0n) is 11.3. The third-order valence-corrected chi connectivity index (χ3v) is 2.89. The molecule has 0 spiro atoms. The second-order valence-electron chi connectivity index (χ2n) is 4.60. The van der Waals surface area contributed by atoms with Gasteiger partial charge in [-0.1, -0.05) is 30.6 Å². The Balaban J connectivity index is 1.98. The number of hydrogen-bond donors (Lipinski definition) is 1. The fourth-order valence-corrected chi connectivity index (χ4v) is 1.85. The van der Waals surface area contributed by atoms with E-state index in [9.17, 15) is 4.79 Å². The molecule has 0 radical (unpaired) electrons. The third kappa shape index (κ3) is 3.77. The molecule has 0 aliphatic rings. The first-order valence-corrected chi connectivity index (χ1v) is 6.65. The summed E-state index contributed by atoms with van der Waals surface area (Å²) in [4.78, 5) is 20.1. The molecule has 0 aromatic carbocycles. The lowest BCUT2D eigenvalue weighted by Crippen LogP contribution is -2.26. The average Bonchev–Trinajstić information content (AvgIpc) is 2.91. The summed E-state index contributed by atoms with van der Waals surface area (Å²) in [7, 11) is 0. The van der Waals surface area contributed by atoms with Crippen LogP contribution in [-0.4, -0.2) is 27.6 Å². The molecular weight excluding hydrogens is 280 g/mol. The third-order valence-electron chi connectivity index (χ3n) is 2.70. The van der Waals surface area contributed by atoms with Crippen LogP contribution in [-0.2, 0) is 6.42 Å². The molecule has 20 heavy (non-hydrogen) atoms. The lowest BCUT2D eigenvalue weighted by Gasteiger charge is -2.08. The van der Waals surface area contributed by atoms with Crippen molar-refractivity contribution >= 4 is 17.5 Å². The standard InChI is InChI=1S/C13H15ClN4O2/c1-8(2)10-5-9(6-11(14)18-10)13(19)15-4-3-12-16-7-17-20-12/h5-8H,3-4H2,1-2H3,(H,15,19). The average molecular weight is 295 g/mol. The quantitative estimate of drug-likeness (QED) is 0.855. The Morgan fingerprint density at radius 1 is 1.45 bits per heavy atom. The van der Waals surface area contributed by atoms with E-state index in [0.29, 0.717) is 29.6 Å². The van der Waals surface area contributed by atoms with Gasteiger partial charge in [0, 0.05) is 24.2 Å². The molecule has 6 nitrogen and oxygen atoms in total. The van der Waals surface area contributed by atoms with Gasteiger partial charge in [-0.2, -0.15) is 4.98 Å². The molecule has 106 valence electrons. The zero-order valence-corrected chi connectivity index (χ0v) is 12.0. The van der Waals surface area contributed by atoms with Crippen molar-refractivity contribution in [3.63, 3.8) is 0 Å². The minimum Gasteiger partial charge on any atom is -0.352 e.